The molecule has 2 aromatic carbocycles. The fourth-order valence-corrected chi connectivity index (χ4v) is 5.26. The van der Waals surface area contributed by atoms with Crippen molar-refractivity contribution in [1.29, 1.82) is 0 Å². The summed E-state index contributed by atoms with van der Waals surface area (Å²) in [6.45, 7) is 4.45. The molecule has 7 nitrogen and oxygen atoms in total. The van der Waals surface area contributed by atoms with Gasteiger partial charge in [0.1, 0.15) is 0 Å². The van der Waals surface area contributed by atoms with Gasteiger partial charge in [-0.1, -0.05) is 67.3 Å². The van der Waals surface area contributed by atoms with Gasteiger partial charge in [0.25, 0.3) is 5.91 Å². The topological polar surface area (TPSA) is 92.3 Å². The second-order valence-corrected chi connectivity index (χ2v) is 11.5. The van der Waals surface area contributed by atoms with Gasteiger partial charge in [-0.05, 0) is 35.7 Å². The first-order valence-electron chi connectivity index (χ1n) is 9.61. The summed E-state index contributed by atoms with van der Waals surface area (Å²) in [5, 5.41) is 11.3. The first-order chi connectivity index (χ1) is 14.7. The van der Waals surface area contributed by atoms with Gasteiger partial charge in [-0.3, -0.25) is 14.4 Å². The van der Waals surface area contributed by atoms with Crippen LogP contribution < -0.4 is 9.62 Å². The number of hydrogen-bond acceptors (Lipinski definition) is 7. The number of thioether (sulfide) groups is 1. The highest BCUT2D eigenvalue weighted by Gasteiger charge is 2.18. The van der Waals surface area contributed by atoms with Crippen LogP contribution in [0, 0.1) is 5.92 Å². The summed E-state index contributed by atoms with van der Waals surface area (Å²) >= 11 is 2.97. The normalized spacial score (nSPS) is 11.5. The molecule has 10 heteroatoms. The van der Waals surface area contributed by atoms with Crippen LogP contribution in [0.3, 0.4) is 0 Å². The molecular formula is C21H24N4O3S3. The number of hydrogen-bond donors (Lipinski definition) is 1. The molecule has 3 rings (SSSR count). The molecule has 3 aromatic rings. The van der Waals surface area contributed by atoms with Crippen LogP contribution in [0.5, 0.6) is 0 Å². The summed E-state index contributed by atoms with van der Waals surface area (Å²) in [5.41, 5.74) is 1.82. The van der Waals surface area contributed by atoms with E-state index in [1.807, 2.05) is 6.07 Å². The van der Waals surface area contributed by atoms with E-state index < -0.39 is 10.0 Å². The van der Waals surface area contributed by atoms with Crippen molar-refractivity contribution >= 4 is 49.8 Å². The minimum atomic E-state index is -3.45. The number of nitrogens with zero attached hydrogens (tertiary/aromatic N) is 3. The average molecular weight is 477 g/mol. The smallest absolute Gasteiger partial charge is 0.257 e. The molecule has 1 amide bonds. The summed E-state index contributed by atoms with van der Waals surface area (Å²) in [4.78, 5) is 12.5. The van der Waals surface area contributed by atoms with Crippen LogP contribution in [0.1, 0.15) is 29.8 Å². The molecular weight excluding hydrogens is 452 g/mol. The third-order valence-electron chi connectivity index (χ3n) is 4.15. The van der Waals surface area contributed by atoms with E-state index in [2.05, 4.69) is 29.4 Å². The molecule has 0 aliphatic carbocycles. The Hall–Kier alpha value is -2.43. The Morgan fingerprint density at radius 2 is 1.77 bits per heavy atom. The molecule has 0 aliphatic heterocycles. The molecule has 1 heterocycles. The number of rotatable bonds is 9. The lowest BCUT2D eigenvalue weighted by Gasteiger charge is -2.22. The van der Waals surface area contributed by atoms with Crippen molar-refractivity contribution in [3.8, 4) is 0 Å². The quantitative estimate of drug-likeness (QED) is 0.361. The summed E-state index contributed by atoms with van der Waals surface area (Å²) in [6.07, 6.45) is 1.18. The highest BCUT2D eigenvalue weighted by molar-refractivity contribution is 8.01. The van der Waals surface area contributed by atoms with E-state index in [9.17, 15) is 13.2 Å². The zero-order valence-corrected chi connectivity index (χ0v) is 19.9. The van der Waals surface area contributed by atoms with E-state index in [-0.39, 0.29) is 12.5 Å². The van der Waals surface area contributed by atoms with Gasteiger partial charge in [-0.25, -0.2) is 8.42 Å². The Balaban J connectivity index is 1.66. The van der Waals surface area contributed by atoms with Crippen LogP contribution in [0.15, 0.2) is 58.9 Å². The second-order valence-electron chi connectivity index (χ2n) is 7.33. The predicted octanol–water partition coefficient (Wildman–Crippen LogP) is 4.50. The van der Waals surface area contributed by atoms with Crippen LogP contribution in [0.25, 0.3) is 0 Å². The highest BCUT2D eigenvalue weighted by Crippen LogP contribution is 2.27. The summed E-state index contributed by atoms with van der Waals surface area (Å²) in [6, 6.07) is 15.8. The molecule has 0 unspecified atom stereocenters. The number of anilines is 2. The van der Waals surface area contributed by atoms with Crippen molar-refractivity contribution in [2.75, 3.05) is 21.6 Å². The maximum absolute atomic E-state index is 12.5. The minimum Gasteiger partial charge on any atom is -0.296 e. The fourth-order valence-electron chi connectivity index (χ4n) is 2.65. The van der Waals surface area contributed by atoms with Crippen molar-refractivity contribution < 1.29 is 13.2 Å². The van der Waals surface area contributed by atoms with E-state index in [1.165, 1.54) is 21.9 Å². The minimum absolute atomic E-state index is 0.178. The molecule has 0 spiro atoms. The molecule has 164 valence electrons. The van der Waals surface area contributed by atoms with E-state index in [1.54, 1.807) is 60.3 Å². The van der Waals surface area contributed by atoms with Gasteiger partial charge in [0.05, 0.1) is 18.5 Å². The van der Waals surface area contributed by atoms with E-state index in [0.29, 0.717) is 22.3 Å². The maximum atomic E-state index is 12.5. The summed E-state index contributed by atoms with van der Waals surface area (Å²) in [5.74, 6) is 1.20. The van der Waals surface area contributed by atoms with Gasteiger partial charge in [0, 0.05) is 11.3 Å². The van der Waals surface area contributed by atoms with Crippen molar-refractivity contribution in [3.63, 3.8) is 0 Å². The molecule has 0 saturated heterocycles. The van der Waals surface area contributed by atoms with Crippen molar-refractivity contribution in [3.05, 3.63) is 65.7 Å². The Labute approximate surface area is 191 Å². The number of carbonyl (C=O) groups excluding carboxylic acids is 1. The first-order valence-corrected chi connectivity index (χ1v) is 13.3. The molecule has 0 atom stereocenters. The Morgan fingerprint density at radius 1 is 1.10 bits per heavy atom. The number of aromatic nitrogens is 2. The van der Waals surface area contributed by atoms with Gasteiger partial charge in [0.2, 0.25) is 15.2 Å². The molecule has 0 fully saturated rings. The molecule has 0 aliphatic rings. The standard InChI is InChI=1S/C21H24N4O3S3/c1-15(2)14-29-21-24-23-20(30-21)22-19(26)17-11-9-16(10-12-17)13-25(31(3,27)28)18-7-5-4-6-8-18/h4-12,15H,13-14H2,1-3H3,(H,22,23,26). The molecule has 1 aromatic heterocycles. The molecule has 0 radical (unpaired) electrons. The SMILES string of the molecule is CC(C)CSc1nnc(NC(=O)c2ccc(CN(c3ccccc3)S(C)(=O)=O)cc2)s1. The van der Waals surface area contributed by atoms with E-state index in [4.69, 9.17) is 0 Å². The number of sulfonamides is 1. The zero-order valence-electron chi connectivity index (χ0n) is 17.5. The van der Waals surface area contributed by atoms with Gasteiger partial charge in [0.15, 0.2) is 4.34 Å². The average Bonchev–Trinajstić information content (AvgIpc) is 3.18. The number of benzene rings is 2. The lowest BCUT2D eigenvalue weighted by atomic mass is 10.1. The van der Waals surface area contributed by atoms with E-state index >= 15 is 0 Å². The monoisotopic (exact) mass is 476 g/mol. The number of para-hydroxylation sites is 1. The van der Waals surface area contributed by atoms with E-state index in [0.717, 1.165) is 15.7 Å². The van der Waals surface area contributed by atoms with Crippen LogP contribution >= 0.6 is 23.1 Å². The van der Waals surface area contributed by atoms with Crippen molar-refractivity contribution in [2.45, 2.75) is 24.7 Å². The third-order valence-corrected chi connectivity index (χ3v) is 7.69. The molecule has 0 saturated carbocycles. The number of carbonyl (C=O) groups is 1. The summed E-state index contributed by atoms with van der Waals surface area (Å²) < 4.78 is 26.7. The third kappa shape index (κ3) is 6.78. The van der Waals surface area contributed by atoms with Gasteiger partial charge < -0.3 is 0 Å². The number of nitrogens with one attached hydrogen (secondary N) is 1. The van der Waals surface area contributed by atoms with Crippen molar-refractivity contribution in [2.24, 2.45) is 5.92 Å². The summed E-state index contributed by atoms with van der Waals surface area (Å²) in [7, 11) is -3.45. The Morgan fingerprint density at radius 3 is 2.39 bits per heavy atom. The molecule has 0 bridgehead atoms. The first kappa shape index (κ1) is 23.2. The van der Waals surface area contributed by atoms with Crippen LogP contribution in [-0.2, 0) is 16.6 Å². The largest absolute Gasteiger partial charge is 0.296 e. The predicted molar refractivity (Wildman–Crippen MR) is 127 cm³/mol. The van der Waals surface area contributed by atoms with Crippen LogP contribution in [0.2, 0.25) is 0 Å². The van der Waals surface area contributed by atoms with Gasteiger partial charge in [-0.15, -0.1) is 10.2 Å². The van der Waals surface area contributed by atoms with Gasteiger partial charge in [-0.2, -0.15) is 0 Å². The molecule has 31 heavy (non-hydrogen) atoms. The Kier molecular flexibility index (Phi) is 7.69. The Bertz CT molecular complexity index is 1110. The lowest BCUT2D eigenvalue weighted by molar-refractivity contribution is 0.102. The maximum Gasteiger partial charge on any atom is 0.257 e. The highest BCUT2D eigenvalue weighted by atomic mass is 32.2. The van der Waals surface area contributed by atoms with Gasteiger partial charge >= 0.3 is 0 Å². The number of amides is 1. The van der Waals surface area contributed by atoms with Crippen LogP contribution in [-0.4, -0.2) is 36.5 Å². The second kappa shape index (κ2) is 10.3. The fraction of sp³-hybridized carbons (Fsp3) is 0.286. The molecule has 1 N–H and O–H groups in total. The van der Waals surface area contributed by atoms with Crippen LogP contribution in [0.4, 0.5) is 10.8 Å². The lowest BCUT2D eigenvalue weighted by Crippen LogP contribution is -2.29. The van der Waals surface area contributed by atoms with Crippen molar-refractivity contribution in [1.82, 2.24) is 10.2 Å². The zero-order chi connectivity index (χ0) is 22.4.